The molecule has 0 saturated heterocycles. The number of nitrogens with zero attached hydrogens (tertiary/aromatic N) is 4. The Kier molecular flexibility index (Phi) is 4.35. The van der Waals surface area contributed by atoms with Crippen LogP contribution in [-0.2, 0) is 16.6 Å². The average molecular weight is 424 g/mol. The van der Waals surface area contributed by atoms with Gasteiger partial charge in [-0.3, -0.25) is 14.9 Å². The topological polar surface area (TPSA) is 76.5 Å². The van der Waals surface area contributed by atoms with Crippen molar-refractivity contribution in [3.63, 3.8) is 0 Å². The van der Waals surface area contributed by atoms with Gasteiger partial charge < -0.3 is 0 Å². The molecule has 0 radical (unpaired) electrons. The van der Waals surface area contributed by atoms with Crippen LogP contribution >= 0.6 is 0 Å². The number of H-pyrrole nitrogens is 1. The highest BCUT2D eigenvalue weighted by atomic mass is 16.1. The van der Waals surface area contributed by atoms with Crippen molar-refractivity contribution in [1.82, 2.24) is 25.0 Å². The molecule has 0 amide bonds. The minimum absolute atomic E-state index is 0.0540. The first-order chi connectivity index (χ1) is 15.7. The molecular weight excluding hydrogens is 398 g/mol. The van der Waals surface area contributed by atoms with Crippen LogP contribution in [0, 0.1) is 11.8 Å². The van der Waals surface area contributed by atoms with Gasteiger partial charge in [-0.15, -0.1) is 0 Å². The van der Waals surface area contributed by atoms with Crippen molar-refractivity contribution in [2.75, 3.05) is 0 Å². The van der Waals surface area contributed by atoms with E-state index >= 15 is 0 Å². The fraction of sp³-hybridized carbons (Fsp3) is 0.308. The summed E-state index contributed by atoms with van der Waals surface area (Å²) in [6, 6.07) is 14.6. The summed E-state index contributed by atoms with van der Waals surface area (Å²) in [7, 11) is 0. The number of benzene rings is 1. The molecule has 2 aliphatic carbocycles. The average Bonchev–Trinajstić information content (AvgIpc) is 3.50. The van der Waals surface area contributed by atoms with Crippen LogP contribution in [0.3, 0.4) is 0 Å². The first-order valence-corrected chi connectivity index (χ1v) is 11.3. The number of aromatic amines is 1. The van der Waals surface area contributed by atoms with E-state index in [4.69, 9.17) is 5.10 Å². The molecular formula is C26H25N5O. The van der Waals surface area contributed by atoms with Crippen molar-refractivity contribution in [3.05, 3.63) is 84.1 Å². The van der Waals surface area contributed by atoms with Crippen LogP contribution in [0.5, 0.6) is 0 Å². The number of aromatic nitrogens is 5. The Morgan fingerprint density at radius 3 is 2.72 bits per heavy atom. The molecule has 3 aromatic heterocycles. The van der Waals surface area contributed by atoms with Crippen molar-refractivity contribution >= 4 is 5.78 Å². The van der Waals surface area contributed by atoms with E-state index in [9.17, 15) is 4.79 Å². The number of nitrogens with one attached hydrogen (secondary N) is 1. The Balaban J connectivity index is 1.48. The SMILES string of the molecule is C[C@@H]1C(=O)CC[C@]2(c3ccccc3)c3[nH]nc(-c4cnn(-c5ccncc5)c4)c3CC[C@@H]12. The van der Waals surface area contributed by atoms with Gasteiger partial charge in [-0.1, -0.05) is 37.3 Å². The summed E-state index contributed by atoms with van der Waals surface area (Å²) < 4.78 is 1.86. The van der Waals surface area contributed by atoms with Crippen LogP contribution in [0.2, 0.25) is 0 Å². The molecule has 3 atom stereocenters. The fourth-order valence-electron chi connectivity index (χ4n) is 6.03. The van der Waals surface area contributed by atoms with E-state index < -0.39 is 0 Å². The van der Waals surface area contributed by atoms with Crippen LogP contribution in [0.25, 0.3) is 16.9 Å². The van der Waals surface area contributed by atoms with Gasteiger partial charge in [0.05, 0.1) is 17.6 Å². The molecule has 6 rings (SSSR count). The summed E-state index contributed by atoms with van der Waals surface area (Å²) >= 11 is 0. The lowest BCUT2D eigenvalue weighted by Crippen LogP contribution is -2.49. The molecule has 3 heterocycles. The number of hydrogen-bond donors (Lipinski definition) is 1. The lowest BCUT2D eigenvalue weighted by atomic mass is 9.53. The number of Topliss-reactive ketones (excluding diaryl/α,β-unsaturated/α-hetero) is 1. The van der Waals surface area contributed by atoms with Crippen molar-refractivity contribution in [2.24, 2.45) is 11.8 Å². The number of carbonyl (C=O) groups is 1. The second kappa shape index (κ2) is 7.26. The number of carbonyl (C=O) groups excluding carboxylic acids is 1. The lowest BCUT2D eigenvalue weighted by molar-refractivity contribution is -0.128. The van der Waals surface area contributed by atoms with E-state index in [1.807, 2.05) is 29.2 Å². The van der Waals surface area contributed by atoms with Gasteiger partial charge in [0.25, 0.3) is 0 Å². The van der Waals surface area contributed by atoms with Crippen LogP contribution in [0.1, 0.15) is 43.0 Å². The first-order valence-electron chi connectivity index (χ1n) is 11.3. The van der Waals surface area contributed by atoms with E-state index in [-0.39, 0.29) is 17.3 Å². The third-order valence-electron chi connectivity index (χ3n) is 7.60. The van der Waals surface area contributed by atoms with Crippen LogP contribution in [0.15, 0.2) is 67.3 Å². The minimum atomic E-state index is -0.200. The predicted molar refractivity (Wildman–Crippen MR) is 121 cm³/mol. The molecule has 1 fully saturated rings. The maximum Gasteiger partial charge on any atom is 0.136 e. The predicted octanol–water partition coefficient (Wildman–Crippen LogP) is 4.50. The summed E-state index contributed by atoms with van der Waals surface area (Å²) in [6.45, 7) is 2.12. The van der Waals surface area contributed by atoms with Gasteiger partial charge in [-0.25, -0.2) is 4.68 Å². The van der Waals surface area contributed by atoms with Crippen LogP contribution in [-0.4, -0.2) is 30.7 Å². The van der Waals surface area contributed by atoms with Gasteiger partial charge in [-0.2, -0.15) is 10.2 Å². The van der Waals surface area contributed by atoms with Gasteiger partial charge in [0.1, 0.15) is 5.78 Å². The summed E-state index contributed by atoms with van der Waals surface area (Å²) in [5.41, 5.74) is 6.48. The highest BCUT2D eigenvalue weighted by Gasteiger charge is 2.53. The van der Waals surface area contributed by atoms with Gasteiger partial charge >= 0.3 is 0 Å². The number of rotatable bonds is 3. The molecule has 0 spiro atoms. The zero-order chi connectivity index (χ0) is 21.7. The molecule has 2 aliphatic rings. The normalized spacial score (nSPS) is 24.7. The van der Waals surface area contributed by atoms with Gasteiger partial charge in [0.2, 0.25) is 0 Å². The van der Waals surface area contributed by atoms with Crippen molar-refractivity contribution in [3.8, 4) is 16.9 Å². The summed E-state index contributed by atoms with van der Waals surface area (Å²) in [6.07, 6.45) is 10.8. The first kappa shape index (κ1) is 19.2. The molecule has 1 aromatic carbocycles. The highest BCUT2D eigenvalue weighted by molar-refractivity contribution is 5.83. The Labute approximate surface area is 186 Å². The monoisotopic (exact) mass is 423 g/mol. The molecule has 32 heavy (non-hydrogen) atoms. The lowest BCUT2D eigenvalue weighted by Gasteiger charge is -2.49. The standard InChI is InChI=1S/C26H25N5O/c1-17-22-8-7-21-24(18-15-28-31(16-18)20-10-13-27-14-11-20)29-30-25(21)26(22,12-9-23(17)32)19-5-3-2-4-6-19/h2-6,10-11,13-17,22H,7-9,12H2,1H3,(H,29,30)/t17-,22-,26+/m0/s1. The van der Waals surface area contributed by atoms with E-state index in [0.29, 0.717) is 12.2 Å². The summed E-state index contributed by atoms with van der Waals surface area (Å²) in [4.78, 5) is 16.7. The number of ketones is 1. The number of hydrogen-bond acceptors (Lipinski definition) is 4. The van der Waals surface area contributed by atoms with Gasteiger partial charge in [0.15, 0.2) is 0 Å². The summed E-state index contributed by atoms with van der Waals surface area (Å²) in [5.74, 6) is 0.730. The molecule has 0 bridgehead atoms. The van der Waals surface area contributed by atoms with Gasteiger partial charge in [-0.05, 0) is 42.9 Å². The van der Waals surface area contributed by atoms with E-state index in [1.54, 1.807) is 12.4 Å². The summed E-state index contributed by atoms with van der Waals surface area (Å²) in [5, 5.41) is 12.8. The molecule has 160 valence electrons. The second-order valence-corrected chi connectivity index (χ2v) is 9.04. The highest BCUT2D eigenvalue weighted by Crippen LogP contribution is 2.55. The Bertz CT molecular complexity index is 1280. The van der Waals surface area contributed by atoms with Crippen molar-refractivity contribution in [1.29, 1.82) is 0 Å². The maximum absolute atomic E-state index is 12.7. The Morgan fingerprint density at radius 1 is 1.09 bits per heavy atom. The Hall–Kier alpha value is -3.54. The van der Waals surface area contributed by atoms with Crippen molar-refractivity contribution < 1.29 is 4.79 Å². The molecule has 1 saturated carbocycles. The second-order valence-electron chi connectivity index (χ2n) is 9.04. The van der Waals surface area contributed by atoms with Crippen LogP contribution < -0.4 is 0 Å². The van der Waals surface area contributed by atoms with E-state index in [1.165, 1.54) is 16.8 Å². The molecule has 1 N–H and O–H groups in total. The molecule has 4 aromatic rings. The largest absolute Gasteiger partial charge is 0.299 e. The maximum atomic E-state index is 12.7. The zero-order valence-corrected chi connectivity index (χ0v) is 18.0. The van der Waals surface area contributed by atoms with Crippen LogP contribution in [0.4, 0.5) is 0 Å². The molecule has 6 heteroatoms. The third-order valence-corrected chi connectivity index (χ3v) is 7.60. The van der Waals surface area contributed by atoms with E-state index in [2.05, 4.69) is 52.4 Å². The fourth-order valence-corrected chi connectivity index (χ4v) is 6.03. The van der Waals surface area contributed by atoms with E-state index in [0.717, 1.165) is 36.2 Å². The molecule has 6 nitrogen and oxygen atoms in total. The smallest absolute Gasteiger partial charge is 0.136 e. The minimum Gasteiger partial charge on any atom is -0.299 e. The zero-order valence-electron chi connectivity index (χ0n) is 18.0. The van der Waals surface area contributed by atoms with Gasteiger partial charge in [0, 0.05) is 53.2 Å². The third kappa shape index (κ3) is 2.72. The van der Waals surface area contributed by atoms with Crippen molar-refractivity contribution in [2.45, 2.75) is 38.0 Å². The quantitative estimate of drug-likeness (QED) is 0.526. The number of fused-ring (bicyclic) bond motifs is 3. The Morgan fingerprint density at radius 2 is 1.91 bits per heavy atom. The molecule has 0 aliphatic heterocycles. The number of pyridine rings is 1. The molecule has 0 unspecified atom stereocenters.